The molecule has 0 aliphatic heterocycles. The third-order valence-corrected chi connectivity index (χ3v) is 3.58. The molecule has 2 aromatic rings. The van der Waals surface area contributed by atoms with Crippen LogP contribution in [0.4, 0.5) is 11.4 Å². The lowest BCUT2D eigenvalue weighted by atomic mass is 10.1. The maximum atomic E-state index is 12.4. The summed E-state index contributed by atoms with van der Waals surface area (Å²) in [5.74, 6) is 0.147. The Balaban J connectivity index is 2.10. The largest absolute Gasteiger partial charge is 0.478 e. The summed E-state index contributed by atoms with van der Waals surface area (Å²) in [6.45, 7) is 3.25. The van der Waals surface area contributed by atoms with Crippen molar-refractivity contribution in [2.45, 2.75) is 19.4 Å². The van der Waals surface area contributed by atoms with Crippen molar-refractivity contribution in [3.63, 3.8) is 0 Å². The summed E-state index contributed by atoms with van der Waals surface area (Å²) in [5.41, 5.74) is -0.885. The zero-order valence-electron chi connectivity index (χ0n) is 12.6. The molecule has 0 saturated heterocycles. The monoisotopic (exact) mass is 378 g/mol. The van der Waals surface area contributed by atoms with Crippen molar-refractivity contribution in [2.75, 3.05) is 5.32 Å². The Hall–Kier alpha value is -2.41. The number of nitrogens with one attached hydrogen (secondary N) is 1. The van der Waals surface area contributed by atoms with Crippen LogP contribution in [0.2, 0.25) is 0 Å². The van der Waals surface area contributed by atoms with Crippen LogP contribution in [0.3, 0.4) is 0 Å². The fourth-order valence-corrected chi connectivity index (χ4v) is 2.09. The van der Waals surface area contributed by atoms with E-state index in [0.717, 1.165) is 4.47 Å². The molecule has 2 aromatic carbocycles. The number of rotatable bonds is 5. The summed E-state index contributed by atoms with van der Waals surface area (Å²) in [5, 5.41) is 13.4. The minimum absolute atomic E-state index is 0.0885. The van der Waals surface area contributed by atoms with Crippen molar-refractivity contribution < 1.29 is 14.5 Å². The van der Waals surface area contributed by atoms with Crippen LogP contribution in [0, 0.1) is 10.1 Å². The Kier molecular flexibility index (Phi) is 5.00. The molecule has 120 valence electrons. The molecule has 0 fully saturated rings. The second-order valence-corrected chi connectivity index (χ2v) is 6.24. The zero-order valence-corrected chi connectivity index (χ0v) is 14.2. The average molecular weight is 379 g/mol. The molecule has 2 rings (SSSR count). The number of amides is 1. The molecule has 0 heterocycles. The smallest absolute Gasteiger partial charge is 0.271 e. The van der Waals surface area contributed by atoms with Gasteiger partial charge in [0.05, 0.1) is 4.92 Å². The van der Waals surface area contributed by atoms with E-state index in [0.29, 0.717) is 11.4 Å². The van der Waals surface area contributed by atoms with Gasteiger partial charge in [-0.15, -0.1) is 0 Å². The Labute approximate surface area is 141 Å². The number of halogens is 1. The molecular formula is C16H15BrN2O4. The SMILES string of the molecule is CC(C)(Oc1ccc(Br)cc1)C(=O)Nc1cccc([N+](=O)[O-])c1. The molecule has 1 N–H and O–H groups in total. The van der Waals surface area contributed by atoms with Crippen molar-refractivity contribution in [1.82, 2.24) is 0 Å². The number of nitro groups is 1. The number of nitrogens with zero attached hydrogens (tertiary/aromatic N) is 1. The summed E-state index contributed by atoms with van der Waals surface area (Å²) < 4.78 is 6.61. The molecule has 6 nitrogen and oxygen atoms in total. The van der Waals surface area contributed by atoms with E-state index in [2.05, 4.69) is 21.2 Å². The quantitative estimate of drug-likeness (QED) is 0.625. The van der Waals surface area contributed by atoms with E-state index in [1.165, 1.54) is 18.2 Å². The second kappa shape index (κ2) is 6.78. The lowest BCUT2D eigenvalue weighted by Crippen LogP contribution is -2.42. The van der Waals surface area contributed by atoms with Gasteiger partial charge in [0.1, 0.15) is 5.75 Å². The molecule has 0 radical (unpaired) electrons. The van der Waals surface area contributed by atoms with E-state index in [1.54, 1.807) is 32.0 Å². The first-order chi connectivity index (χ1) is 10.8. The van der Waals surface area contributed by atoms with Gasteiger partial charge in [0, 0.05) is 22.3 Å². The number of benzene rings is 2. The van der Waals surface area contributed by atoms with Crippen LogP contribution in [-0.2, 0) is 4.79 Å². The molecule has 1 amide bonds. The van der Waals surface area contributed by atoms with Crippen LogP contribution in [0.15, 0.2) is 53.0 Å². The molecule has 0 saturated carbocycles. The Morgan fingerprint density at radius 1 is 1.22 bits per heavy atom. The molecule has 7 heteroatoms. The van der Waals surface area contributed by atoms with Gasteiger partial charge in [0.2, 0.25) is 0 Å². The summed E-state index contributed by atoms with van der Waals surface area (Å²) in [7, 11) is 0. The van der Waals surface area contributed by atoms with E-state index in [4.69, 9.17) is 4.74 Å². The predicted octanol–water partition coefficient (Wildman–Crippen LogP) is 4.15. The Morgan fingerprint density at radius 2 is 1.87 bits per heavy atom. The number of anilines is 1. The Morgan fingerprint density at radius 3 is 2.48 bits per heavy atom. The number of nitro benzene ring substituents is 1. The highest BCUT2D eigenvalue weighted by molar-refractivity contribution is 9.10. The fourth-order valence-electron chi connectivity index (χ4n) is 1.82. The van der Waals surface area contributed by atoms with Crippen LogP contribution in [0.25, 0.3) is 0 Å². The maximum Gasteiger partial charge on any atom is 0.271 e. The van der Waals surface area contributed by atoms with E-state index in [-0.39, 0.29) is 5.69 Å². The molecule has 0 aliphatic carbocycles. The molecular weight excluding hydrogens is 364 g/mol. The molecule has 0 aromatic heterocycles. The van der Waals surface area contributed by atoms with Crippen LogP contribution >= 0.6 is 15.9 Å². The van der Waals surface area contributed by atoms with Gasteiger partial charge in [-0.2, -0.15) is 0 Å². The topological polar surface area (TPSA) is 81.5 Å². The van der Waals surface area contributed by atoms with E-state index in [9.17, 15) is 14.9 Å². The molecule has 0 spiro atoms. The maximum absolute atomic E-state index is 12.4. The predicted molar refractivity (Wildman–Crippen MR) is 90.6 cm³/mol. The molecule has 0 aliphatic rings. The summed E-state index contributed by atoms with van der Waals surface area (Å²) >= 11 is 3.33. The van der Waals surface area contributed by atoms with Crippen molar-refractivity contribution in [2.24, 2.45) is 0 Å². The lowest BCUT2D eigenvalue weighted by molar-refractivity contribution is -0.384. The van der Waals surface area contributed by atoms with Gasteiger partial charge in [-0.3, -0.25) is 14.9 Å². The standard InChI is InChI=1S/C16H15BrN2O4/c1-16(2,23-14-8-6-11(17)7-9-14)15(20)18-12-4-3-5-13(10-12)19(21)22/h3-10H,1-2H3,(H,18,20). The van der Waals surface area contributed by atoms with Gasteiger partial charge >= 0.3 is 0 Å². The number of non-ortho nitro benzene ring substituents is 1. The molecule has 0 unspecified atom stereocenters. The highest BCUT2D eigenvalue weighted by Crippen LogP contribution is 2.23. The van der Waals surface area contributed by atoms with Gasteiger partial charge in [-0.25, -0.2) is 0 Å². The summed E-state index contributed by atoms with van der Waals surface area (Å²) in [4.78, 5) is 22.6. The minimum atomic E-state index is -1.14. The molecule has 0 bridgehead atoms. The average Bonchev–Trinajstić information content (AvgIpc) is 2.49. The van der Waals surface area contributed by atoms with Crippen LogP contribution in [0.1, 0.15) is 13.8 Å². The third kappa shape index (κ3) is 4.53. The number of hydrogen-bond acceptors (Lipinski definition) is 4. The normalized spacial score (nSPS) is 10.9. The molecule has 0 atom stereocenters. The van der Waals surface area contributed by atoms with Gasteiger partial charge in [0.25, 0.3) is 11.6 Å². The van der Waals surface area contributed by atoms with Crippen molar-refractivity contribution in [1.29, 1.82) is 0 Å². The minimum Gasteiger partial charge on any atom is -0.478 e. The van der Waals surface area contributed by atoms with Gasteiger partial charge in [-0.1, -0.05) is 22.0 Å². The first-order valence-corrected chi connectivity index (χ1v) is 7.58. The third-order valence-electron chi connectivity index (χ3n) is 3.05. The summed E-state index contributed by atoms with van der Waals surface area (Å²) in [6.07, 6.45) is 0. The van der Waals surface area contributed by atoms with E-state index >= 15 is 0 Å². The van der Waals surface area contributed by atoms with Crippen molar-refractivity contribution in [3.05, 3.63) is 63.1 Å². The van der Waals surface area contributed by atoms with Gasteiger partial charge < -0.3 is 10.1 Å². The van der Waals surface area contributed by atoms with E-state index < -0.39 is 16.4 Å². The van der Waals surface area contributed by atoms with Crippen molar-refractivity contribution in [3.8, 4) is 5.75 Å². The second-order valence-electron chi connectivity index (χ2n) is 5.33. The fraction of sp³-hybridized carbons (Fsp3) is 0.188. The lowest BCUT2D eigenvalue weighted by Gasteiger charge is -2.25. The van der Waals surface area contributed by atoms with Gasteiger partial charge in [0.15, 0.2) is 5.60 Å². The highest BCUT2D eigenvalue weighted by atomic mass is 79.9. The Bertz CT molecular complexity index is 729. The highest BCUT2D eigenvalue weighted by Gasteiger charge is 2.30. The van der Waals surface area contributed by atoms with Crippen molar-refractivity contribution >= 4 is 33.2 Å². The first kappa shape index (κ1) is 17.0. The zero-order chi connectivity index (χ0) is 17.0. The first-order valence-electron chi connectivity index (χ1n) is 6.78. The van der Waals surface area contributed by atoms with Gasteiger partial charge in [-0.05, 0) is 44.2 Å². The van der Waals surface area contributed by atoms with Crippen LogP contribution in [0.5, 0.6) is 5.75 Å². The number of hydrogen-bond donors (Lipinski definition) is 1. The van der Waals surface area contributed by atoms with Crippen LogP contribution < -0.4 is 10.1 Å². The number of ether oxygens (including phenoxy) is 1. The number of carbonyl (C=O) groups is 1. The summed E-state index contributed by atoms with van der Waals surface area (Å²) in [6, 6.07) is 12.9. The van der Waals surface area contributed by atoms with Crippen LogP contribution in [-0.4, -0.2) is 16.4 Å². The van der Waals surface area contributed by atoms with E-state index in [1.807, 2.05) is 12.1 Å². The number of carbonyl (C=O) groups excluding carboxylic acids is 1. The molecule has 23 heavy (non-hydrogen) atoms.